The summed E-state index contributed by atoms with van der Waals surface area (Å²) in [6, 6.07) is 4.46. The molecule has 0 N–H and O–H groups in total. The number of carbonyl (C=O) groups is 1. The lowest BCUT2D eigenvalue weighted by Gasteiger charge is -2.08. The van der Waals surface area contributed by atoms with Crippen molar-refractivity contribution in [3.63, 3.8) is 0 Å². The second-order valence-corrected chi connectivity index (χ2v) is 5.58. The minimum atomic E-state index is -0.665. The molecule has 1 unspecified atom stereocenters. The minimum absolute atomic E-state index is 0.161. The third-order valence-corrected chi connectivity index (χ3v) is 3.49. The normalized spacial score (nSPS) is 14.1. The number of halogens is 2. The van der Waals surface area contributed by atoms with Gasteiger partial charge in [-0.2, -0.15) is 0 Å². The lowest BCUT2D eigenvalue weighted by Crippen LogP contribution is -2.12. The van der Waals surface area contributed by atoms with E-state index in [-0.39, 0.29) is 5.78 Å². The van der Waals surface area contributed by atoms with Crippen molar-refractivity contribution in [2.24, 2.45) is 5.11 Å². The number of rotatable bonds is 6. The van der Waals surface area contributed by atoms with Crippen molar-refractivity contribution in [2.75, 3.05) is 0 Å². The summed E-state index contributed by atoms with van der Waals surface area (Å²) >= 11 is 12.0. The first-order valence-electron chi connectivity index (χ1n) is 6.68. The molecule has 0 saturated heterocycles. The first kappa shape index (κ1) is 17.7. The average Bonchev–Trinajstić information content (AvgIpc) is 2.38. The zero-order valence-corrected chi connectivity index (χ0v) is 13.8. The Bertz CT molecular complexity index is 583. The highest BCUT2D eigenvalue weighted by Gasteiger charge is 2.12. The molecule has 0 saturated carbocycles. The van der Waals surface area contributed by atoms with Crippen LogP contribution < -0.4 is 0 Å². The second-order valence-electron chi connectivity index (χ2n) is 4.73. The maximum Gasteiger partial charge on any atom is 0.213 e. The molecule has 1 rings (SSSR count). The molecule has 0 fully saturated rings. The number of ketones is 1. The van der Waals surface area contributed by atoms with Gasteiger partial charge in [-0.25, -0.2) is 0 Å². The summed E-state index contributed by atoms with van der Waals surface area (Å²) in [5, 5.41) is 16.6. The van der Waals surface area contributed by atoms with Gasteiger partial charge in [0, 0.05) is 21.2 Å². The fourth-order valence-electron chi connectivity index (χ4n) is 1.71. The molecule has 0 radical (unpaired) electrons. The molecule has 1 aromatic carbocycles. The van der Waals surface area contributed by atoms with Crippen LogP contribution in [0.1, 0.15) is 39.2 Å². The van der Waals surface area contributed by atoms with Gasteiger partial charge in [-0.3, -0.25) is 4.79 Å². The molecular weight excluding hydrogens is 311 g/mol. The van der Waals surface area contributed by atoms with Crippen molar-refractivity contribution >= 4 is 34.6 Å². The lowest BCUT2D eigenvalue weighted by molar-refractivity contribution is -0.460. The van der Waals surface area contributed by atoms with E-state index in [1.807, 2.05) is 6.92 Å². The van der Waals surface area contributed by atoms with Crippen LogP contribution in [0.5, 0.6) is 0 Å². The van der Waals surface area contributed by atoms with Crippen molar-refractivity contribution in [1.29, 1.82) is 0 Å². The number of hydroxylamine groups is 1. The van der Waals surface area contributed by atoms with E-state index in [0.717, 1.165) is 17.6 Å². The number of Topliss-reactive ketones (excluding diaryl/α,β-unsaturated/α-hetero) is 1. The number of allylic oxidation sites excluding steroid dienone is 1. The summed E-state index contributed by atoms with van der Waals surface area (Å²) in [6.45, 7) is 4.98. The highest BCUT2D eigenvalue weighted by atomic mass is 35.5. The number of hydrogen-bond acceptors (Lipinski definition) is 3. The maximum atomic E-state index is 11.8. The van der Waals surface area contributed by atoms with Crippen LogP contribution in [0.3, 0.4) is 0 Å². The number of hydrogen-bond donors (Lipinski definition) is 0. The monoisotopic (exact) mass is 328 g/mol. The van der Waals surface area contributed by atoms with Gasteiger partial charge in [0.25, 0.3) is 0 Å². The first-order chi connectivity index (χ1) is 9.85. The fraction of sp³-hybridized carbons (Fsp3) is 0.400. The van der Waals surface area contributed by atoms with Gasteiger partial charge in [-0.05, 0) is 37.5 Å². The Morgan fingerprint density at radius 3 is 2.67 bits per heavy atom. The van der Waals surface area contributed by atoms with Gasteiger partial charge < -0.3 is 5.21 Å². The van der Waals surface area contributed by atoms with Gasteiger partial charge in [0.2, 0.25) is 6.20 Å². The molecule has 114 valence electrons. The molecular formula is C15H18Cl2N2O2. The van der Waals surface area contributed by atoms with Gasteiger partial charge >= 0.3 is 0 Å². The molecule has 6 heteroatoms. The Hall–Kier alpha value is -1.39. The van der Waals surface area contributed by atoms with E-state index in [9.17, 15) is 10.0 Å². The predicted octanol–water partition coefficient (Wildman–Crippen LogP) is 5.07. The van der Waals surface area contributed by atoms with Gasteiger partial charge in [-0.1, -0.05) is 47.5 Å². The van der Waals surface area contributed by atoms with Gasteiger partial charge in [0.05, 0.1) is 0 Å². The molecule has 0 aliphatic carbocycles. The standard InChI is InChI=1S/C15H18Cl2N2O2/c1-4-5-12(9-19(21)18-10(2)11(3)20)14-7-6-13(16)8-15(14)17/h6-10H,4-5H2,1-3H3/b12-9-,19-18?. The van der Waals surface area contributed by atoms with Crippen LogP contribution in [0.4, 0.5) is 0 Å². The predicted molar refractivity (Wildman–Crippen MR) is 85.5 cm³/mol. The summed E-state index contributed by atoms with van der Waals surface area (Å²) in [7, 11) is 0. The van der Waals surface area contributed by atoms with Crippen LogP contribution in [0.25, 0.3) is 5.57 Å². The maximum absolute atomic E-state index is 11.8. The molecule has 0 heterocycles. The number of azo groups is 1. The average molecular weight is 329 g/mol. The quantitative estimate of drug-likeness (QED) is 0.415. The van der Waals surface area contributed by atoms with Gasteiger partial charge in [0.15, 0.2) is 11.8 Å². The summed E-state index contributed by atoms with van der Waals surface area (Å²) in [5.74, 6) is -0.161. The van der Waals surface area contributed by atoms with Crippen molar-refractivity contribution in [3.8, 4) is 0 Å². The first-order valence-corrected chi connectivity index (χ1v) is 7.44. The van der Waals surface area contributed by atoms with Crippen LogP contribution in [-0.4, -0.2) is 16.7 Å². The van der Waals surface area contributed by atoms with Crippen LogP contribution in [-0.2, 0) is 4.79 Å². The van der Waals surface area contributed by atoms with E-state index < -0.39 is 6.04 Å². The molecule has 0 amide bonds. The molecule has 4 nitrogen and oxygen atoms in total. The van der Waals surface area contributed by atoms with Gasteiger partial charge in [-0.15, -0.1) is 0 Å². The lowest BCUT2D eigenvalue weighted by atomic mass is 10.0. The minimum Gasteiger partial charge on any atom is -0.595 e. The molecule has 0 aromatic heterocycles. The van der Waals surface area contributed by atoms with Crippen LogP contribution in [0, 0.1) is 5.21 Å². The van der Waals surface area contributed by atoms with E-state index in [2.05, 4.69) is 5.11 Å². The molecule has 0 spiro atoms. The van der Waals surface area contributed by atoms with Crippen molar-refractivity contribution in [3.05, 3.63) is 45.2 Å². The van der Waals surface area contributed by atoms with E-state index in [4.69, 9.17) is 23.2 Å². The number of nitrogens with zero attached hydrogens (tertiary/aromatic N) is 2. The molecule has 1 atom stereocenters. The molecule has 21 heavy (non-hydrogen) atoms. The Labute approximate surface area is 134 Å². The molecule has 0 aliphatic rings. The topological polar surface area (TPSA) is 55.5 Å². The fourth-order valence-corrected chi connectivity index (χ4v) is 2.24. The summed E-state index contributed by atoms with van der Waals surface area (Å²) < 4.78 is 0. The largest absolute Gasteiger partial charge is 0.595 e. The number of benzene rings is 1. The third kappa shape index (κ3) is 5.48. The second kappa shape index (κ2) is 8.15. The zero-order valence-electron chi connectivity index (χ0n) is 12.3. The Kier molecular flexibility index (Phi) is 6.85. The Morgan fingerprint density at radius 2 is 2.14 bits per heavy atom. The van der Waals surface area contributed by atoms with E-state index >= 15 is 0 Å². The Balaban J connectivity index is 3.16. The number of carbonyl (C=O) groups excluding carboxylic acids is 1. The van der Waals surface area contributed by atoms with Gasteiger partial charge in [0.1, 0.15) is 0 Å². The van der Waals surface area contributed by atoms with Crippen molar-refractivity contribution in [2.45, 2.75) is 39.7 Å². The molecule has 0 bridgehead atoms. The smallest absolute Gasteiger partial charge is 0.213 e. The van der Waals surface area contributed by atoms with E-state index in [1.165, 1.54) is 13.1 Å². The molecule has 1 aromatic rings. The summed E-state index contributed by atoms with van der Waals surface area (Å²) in [5.41, 5.74) is 1.50. The summed E-state index contributed by atoms with van der Waals surface area (Å²) in [6.07, 6.45) is 2.88. The SMILES string of the molecule is CCC/C(=C/[N+]([O-])=NC(C)C(C)=O)c1ccc(Cl)cc1Cl. The third-order valence-electron chi connectivity index (χ3n) is 2.94. The van der Waals surface area contributed by atoms with E-state index in [0.29, 0.717) is 21.3 Å². The zero-order chi connectivity index (χ0) is 16.0. The van der Waals surface area contributed by atoms with Crippen molar-refractivity contribution < 1.29 is 9.66 Å². The van der Waals surface area contributed by atoms with Crippen molar-refractivity contribution in [1.82, 2.24) is 0 Å². The van der Waals surface area contributed by atoms with E-state index in [1.54, 1.807) is 25.1 Å². The highest BCUT2D eigenvalue weighted by Crippen LogP contribution is 2.29. The molecule has 0 aliphatic heterocycles. The Morgan fingerprint density at radius 1 is 1.48 bits per heavy atom. The van der Waals surface area contributed by atoms with Crippen LogP contribution in [0.2, 0.25) is 10.0 Å². The van der Waals surface area contributed by atoms with Crippen LogP contribution in [0.15, 0.2) is 29.5 Å². The summed E-state index contributed by atoms with van der Waals surface area (Å²) in [4.78, 5) is 11.6. The highest BCUT2D eigenvalue weighted by molar-refractivity contribution is 6.35. The van der Waals surface area contributed by atoms with Crippen LogP contribution >= 0.6 is 23.2 Å².